The number of methoxy groups -OCH3 is 2. The SMILES string of the molecule is COC(=O)C1=C(C(=O)OC)N(c2ccc(OC(F)(F)F)c(OC(F)(F)F)c2)C(N)=C(C#N)C1c1ccccc1. The first-order chi connectivity index (χ1) is 18.2. The predicted molar refractivity (Wildman–Crippen MR) is 119 cm³/mol. The molecule has 0 radical (unpaired) electrons. The van der Waals surface area contributed by atoms with Gasteiger partial charge in [-0.3, -0.25) is 4.90 Å². The molecule has 39 heavy (non-hydrogen) atoms. The van der Waals surface area contributed by atoms with Gasteiger partial charge in [0.2, 0.25) is 0 Å². The summed E-state index contributed by atoms with van der Waals surface area (Å²) < 4.78 is 94.5. The molecule has 0 fully saturated rings. The summed E-state index contributed by atoms with van der Waals surface area (Å²) in [6, 6.07) is 11.3. The van der Waals surface area contributed by atoms with Gasteiger partial charge in [0.25, 0.3) is 0 Å². The number of nitrogens with two attached hydrogens (primary N) is 1. The molecule has 1 atom stereocenters. The molecule has 1 unspecified atom stereocenters. The van der Waals surface area contributed by atoms with Crippen LogP contribution in [0.5, 0.6) is 11.5 Å². The molecule has 1 aliphatic rings. The molecule has 0 aliphatic carbocycles. The van der Waals surface area contributed by atoms with Crippen LogP contribution in [0.15, 0.2) is 71.2 Å². The number of carbonyl (C=O) groups is 2. The first kappa shape index (κ1) is 28.7. The van der Waals surface area contributed by atoms with Crippen LogP contribution in [0.25, 0.3) is 0 Å². The van der Waals surface area contributed by atoms with Gasteiger partial charge < -0.3 is 24.7 Å². The van der Waals surface area contributed by atoms with Crippen molar-refractivity contribution in [2.75, 3.05) is 19.1 Å². The zero-order valence-corrected chi connectivity index (χ0v) is 19.9. The lowest BCUT2D eigenvalue weighted by molar-refractivity contribution is -0.287. The van der Waals surface area contributed by atoms with Crippen LogP contribution in [0.2, 0.25) is 0 Å². The number of nitriles is 1. The van der Waals surface area contributed by atoms with Crippen molar-refractivity contribution in [3.63, 3.8) is 0 Å². The third-order valence-corrected chi connectivity index (χ3v) is 5.25. The second-order valence-corrected chi connectivity index (χ2v) is 7.56. The van der Waals surface area contributed by atoms with Gasteiger partial charge in [0, 0.05) is 6.07 Å². The molecule has 2 N–H and O–H groups in total. The topological polar surface area (TPSA) is 124 Å². The van der Waals surface area contributed by atoms with E-state index in [1.54, 1.807) is 18.2 Å². The molecule has 1 heterocycles. The Hall–Kier alpha value is -4.87. The Morgan fingerprint density at radius 2 is 1.46 bits per heavy atom. The normalized spacial score (nSPS) is 16.0. The first-order valence-electron chi connectivity index (χ1n) is 10.5. The summed E-state index contributed by atoms with van der Waals surface area (Å²) in [6.45, 7) is 0. The number of nitrogens with zero attached hydrogens (tertiary/aromatic N) is 2. The Balaban J connectivity index is 2.38. The number of esters is 2. The quantitative estimate of drug-likeness (QED) is 0.407. The number of ether oxygens (including phenoxy) is 4. The van der Waals surface area contributed by atoms with Gasteiger partial charge in [0.1, 0.15) is 11.5 Å². The van der Waals surface area contributed by atoms with Gasteiger partial charge in [0.05, 0.1) is 43.0 Å². The number of hydrogen-bond donors (Lipinski definition) is 1. The van der Waals surface area contributed by atoms with Gasteiger partial charge in [-0.25, -0.2) is 9.59 Å². The summed E-state index contributed by atoms with van der Waals surface area (Å²) in [5.41, 5.74) is 4.54. The van der Waals surface area contributed by atoms with Crippen molar-refractivity contribution >= 4 is 17.6 Å². The molecular formula is C24H17F6N3O6. The van der Waals surface area contributed by atoms with Gasteiger partial charge >= 0.3 is 24.7 Å². The molecule has 0 amide bonds. The van der Waals surface area contributed by atoms with E-state index >= 15 is 0 Å². The monoisotopic (exact) mass is 557 g/mol. The molecule has 2 aromatic carbocycles. The van der Waals surface area contributed by atoms with Crippen molar-refractivity contribution in [1.82, 2.24) is 0 Å². The first-order valence-corrected chi connectivity index (χ1v) is 10.5. The van der Waals surface area contributed by atoms with Crippen LogP contribution >= 0.6 is 0 Å². The van der Waals surface area contributed by atoms with Crippen LogP contribution in [0, 0.1) is 11.3 Å². The number of rotatable bonds is 6. The summed E-state index contributed by atoms with van der Waals surface area (Å²) in [4.78, 5) is 26.7. The van der Waals surface area contributed by atoms with Crippen molar-refractivity contribution in [2.24, 2.45) is 5.73 Å². The Bertz CT molecular complexity index is 1380. The fourth-order valence-corrected chi connectivity index (χ4v) is 3.83. The number of alkyl halides is 6. The molecule has 15 heteroatoms. The molecule has 0 bridgehead atoms. The molecule has 3 rings (SSSR count). The molecular weight excluding hydrogens is 540 g/mol. The number of carbonyl (C=O) groups excluding carboxylic acids is 2. The van der Waals surface area contributed by atoms with E-state index in [0.717, 1.165) is 20.3 Å². The lowest BCUT2D eigenvalue weighted by Crippen LogP contribution is -2.40. The van der Waals surface area contributed by atoms with E-state index in [1.807, 2.05) is 6.07 Å². The molecule has 0 saturated heterocycles. The maximum Gasteiger partial charge on any atom is 0.573 e. The standard InChI is InChI=1S/C24H17F6N3O6/c1-36-21(34)18-17(12-6-4-3-5-7-12)14(11-31)20(32)33(19(18)22(35)37-2)13-8-9-15(38-23(25,26)27)16(10-13)39-24(28,29)30/h3-10,17H,32H2,1-2H3. The summed E-state index contributed by atoms with van der Waals surface area (Å²) in [5, 5.41) is 9.97. The summed E-state index contributed by atoms with van der Waals surface area (Å²) >= 11 is 0. The third kappa shape index (κ3) is 6.17. The fourth-order valence-electron chi connectivity index (χ4n) is 3.83. The number of halogens is 6. The Morgan fingerprint density at radius 1 is 0.897 bits per heavy atom. The van der Waals surface area contributed by atoms with E-state index in [2.05, 4.69) is 9.47 Å². The highest BCUT2D eigenvalue weighted by molar-refractivity contribution is 6.06. The maximum absolute atomic E-state index is 13.0. The van der Waals surface area contributed by atoms with E-state index in [1.165, 1.54) is 12.1 Å². The lowest BCUT2D eigenvalue weighted by atomic mass is 9.81. The summed E-state index contributed by atoms with van der Waals surface area (Å²) in [7, 11) is 1.90. The molecule has 1 aliphatic heterocycles. The minimum Gasteiger partial charge on any atom is -0.466 e. The second-order valence-electron chi connectivity index (χ2n) is 7.56. The largest absolute Gasteiger partial charge is 0.573 e. The maximum atomic E-state index is 13.0. The minimum atomic E-state index is -5.46. The Kier molecular flexibility index (Phi) is 7.99. The number of allylic oxidation sites excluding steroid dienone is 1. The van der Waals surface area contributed by atoms with E-state index in [-0.39, 0.29) is 5.57 Å². The summed E-state index contributed by atoms with van der Waals surface area (Å²) in [6.07, 6.45) is -10.8. The van der Waals surface area contributed by atoms with E-state index in [9.17, 15) is 41.2 Å². The van der Waals surface area contributed by atoms with E-state index in [4.69, 9.17) is 15.2 Å². The highest BCUT2D eigenvalue weighted by Crippen LogP contribution is 2.45. The predicted octanol–water partition coefficient (Wildman–Crippen LogP) is 4.38. The Morgan fingerprint density at radius 3 is 1.97 bits per heavy atom. The number of anilines is 1. The zero-order chi connectivity index (χ0) is 29.1. The number of hydrogen-bond acceptors (Lipinski definition) is 9. The molecule has 0 aromatic heterocycles. The van der Waals surface area contributed by atoms with Gasteiger partial charge in [-0.15, -0.1) is 26.3 Å². The molecule has 206 valence electrons. The van der Waals surface area contributed by atoms with Crippen LogP contribution in [0.4, 0.5) is 32.0 Å². The van der Waals surface area contributed by atoms with Crippen molar-refractivity contribution < 1.29 is 54.9 Å². The lowest BCUT2D eigenvalue weighted by Gasteiger charge is -2.36. The van der Waals surface area contributed by atoms with Gasteiger partial charge in [-0.2, -0.15) is 5.26 Å². The van der Waals surface area contributed by atoms with Crippen molar-refractivity contribution in [3.05, 3.63) is 76.8 Å². The van der Waals surface area contributed by atoms with Gasteiger partial charge in [-0.05, 0) is 17.7 Å². The van der Waals surface area contributed by atoms with Crippen LogP contribution in [0.3, 0.4) is 0 Å². The number of benzene rings is 2. The third-order valence-electron chi connectivity index (χ3n) is 5.25. The smallest absolute Gasteiger partial charge is 0.466 e. The zero-order valence-electron chi connectivity index (χ0n) is 19.9. The summed E-state index contributed by atoms with van der Waals surface area (Å²) in [5.74, 6) is -7.02. The van der Waals surface area contributed by atoms with Crippen molar-refractivity contribution in [1.29, 1.82) is 5.26 Å². The fraction of sp³-hybridized carbons (Fsp3) is 0.208. The minimum absolute atomic E-state index is 0.313. The Labute approximate surface area is 216 Å². The molecule has 0 spiro atoms. The van der Waals surface area contributed by atoms with Crippen LogP contribution in [-0.4, -0.2) is 38.9 Å². The van der Waals surface area contributed by atoms with E-state index < -0.39 is 64.9 Å². The average Bonchev–Trinajstić information content (AvgIpc) is 2.87. The molecule has 2 aromatic rings. The van der Waals surface area contributed by atoms with Crippen LogP contribution < -0.4 is 20.1 Å². The molecule has 9 nitrogen and oxygen atoms in total. The highest BCUT2D eigenvalue weighted by Gasteiger charge is 2.44. The molecule has 0 saturated carbocycles. The highest BCUT2D eigenvalue weighted by atomic mass is 19.4. The average molecular weight is 557 g/mol. The van der Waals surface area contributed by atoms with E-state index in [0.29, 0.717) is 22.6 Å². The van der Waals surface area contributed by atoms with Gasteiger partial charge in [0.15, 0.2) is 11.5 Å². The van der Waals surface area contributed by atoms with Crippen LogP contribution in [0.1, 0.15) is 11.5 Å². The van der Waals surface area contributed by atoms with Crippen molar-refractivity contribution in [3.8, 4) is 17.6 Å². The van der Waals surface area contributed by atoms with Crippen molar-refractivity contribution in [2.45, 2.75) is 18.6 Å². The second kappa shape index (κ2) is 10.9. The van der Waals surface area contributed by atoms with Gasteiger partial charge in [-0.1, -0.05) is 30.3 Å². The van der Waals surface area contributed by atoms with Crippen LogP contribution in [-0.2, 0) is 19.1 Å².